The number of hydrogen-bond acceptors (Lipinski definition) is 2. The molecule has 1 atom stereocenters. The molecule has 0 aromatic carbocycles. The van der Waals surface area contributed by atoms with Crippen molar-refractivity contribution in [1.82, 2.24) is 9.78 Å². The van der Waals surface area contributed by atoms with Gasteiger partial charge in [0.1, 0.15) is 0 Å². The summed E-state index contributed by atoms with van der Waals surface area (Å²) in [6, 6.07) is 0. The molecule has 3 nitrogen and oxygen atoms in total. The zero-order valence-corrected chi connectivity index (χ0v) is 7.75. The minimum atomic E-state index is -4.30. The van der Waals surface area contributed by atoms with Crippen molar-refractivity contribution < 1.29 is 13.2 Å². The molecule has 0 spiro atoms. The van der Waals surface area contributed by atoms with Crippen molar-refractivity contribution in [3.05, 3.63) is 18.0 Å². The standard InChI is InChI=1S/C8H12F3N3/c1-2-14-5-6(4-13-14)7(3-12)8(9,10)11/h4-5,7H,2-3,12H2,1H3. The minimum Gasteiger partial charge on any atom is -0.330 e. The van der Waals surface area contributed by atoms with Crippen LogP contribution >= 0.6 is 0 Å². The molecule has 0 amide bonds. The van der Waals surface area contributed by atoms with Crippen LogP contribution in [0.4, 0.5) is 13.2 Å². The van der Waals surface area contributed by atoms with E-state index >= 15 is 0 Å². The van der Waals surface area contributed by atoms with Crippen LogP contribution in [0, 0.1) is 0 Å². The Labute approximate surface area is 79.7 Å². The van der Waals surface area contributed by atoms with Gasteiger partial charge in [0, 0.05) is 24.8 Å². The van der Waals surface area contributed by atoms with Crippen LogP contribution in [0.1, 0.15) is 18.4 Å². The van der Waals surface area contributed by atoms with Crippen molar-refractivity contribution in [2.75, 3.05) is 6.54 Å². The third kappa shape index (κ3) is 2.25. The number of nitrogens with two attached hydrogens (primary N) is 1. The third-order valence-electron chi connectivity index (χ3n) is 2.01. The van der Waals surface area contributed by atoms with Gasteiger partial charge in [-0.05, 0) is 6.92 Å². The fourth-order valence-electron chi connectivity index (χ4n) is 1.19. The molecule has 0 aliphatic rings. The fraction of sp³-hybridized carbons (Fsp3) is 0.625. The van der Waals surface area contributed by atoms with Crippen molar-refractivity contribution in [2.24, 2.45) is 5.73 Å². The van der Waals surface area contributed by atoms with Gasteiger partial charge in [-0.3, -0.25) is 4.68 Å². The van der Waals surface area contributed by atoms with Crippen LogP contribution in [0.2, 0.25) is 0 Å². The number of halogens is 3. The van der Waals surface area contributed by atoms with E-state index in [9.17, 15) is 13.2 Å². The van der Waals surface area contributed by atoms with Crippen LogP contribution < -0.4 is 5.73 Å². The molecule has 1 aromatic rings. The maximum atomic E-state index is 12.4. The molecule has 6 heteroatoms. The molecule has 0 aliphatic carbocycles. The molecule has 0 saturated heterocycles. The summed E-state index contributed by atoms with van der Waals surface area (Å²) < 4.78 is 38.7. The number of hydrogen-bond donors (Lipinski definition) is 1. The Morgan fingerprint density at radius 1 is 1.57 bits per heavy atom. The smallest absolute Gasteiger partial charge is 0.330 e. The first-order valence-electron chi connectivity index (χ1n) is 4.28. The lowest BCUT2D eigenvalue weighted by molar-refractivity contribution is -0.148. The number of aromatic nitrogens is 2. The molecule has 1 unspecified atom stereocenters. The molecule has 1 heterocycles. The normalized spacial score (nSPS) is 14.4. The second-order valence-electron chi connectivity index (χ2n) is 2.96. The van der Waals surface area contributed by atoms with E-state index in [1.165, 1.54) is 17.1 Å². The van der Waals surface area contributed by atoms with E-state index in [2.05, 4.69) is 5.10 Å². The van der Waals surface area contributed by atoms with E-state index < -0.39 is 18.6 Å². The van der Waals surface area contributed by atoms with Gasteiger partial charge in [-0.25, -0.2) is 0 Å². The van der Waals surface area contributed by atoms with E-state index in [1.807, 2.05) is 6.92 Å². The summed E-state index contributed by atoms with van der Waals surface area (Å²) in [6.07, 6.45) is -1.70. The Kier molecular flexibility index (Phi) is 3.15. The fourth-order valence-corrected chi connectivity index (χ4v) is 1.19. The topological polar surface area (TPSA) is 43.8 Å². The van der Waals surface area contributed by atoms with Crippen molar-refractivity contribution in [1.29, 1.82) is 0 Å². The molecule has 0 fully saturated rings. The van der Waals surface area contributed by atoms with Gasteiger partial charge >= 0.3 is 6.18 Å². The molecule has 80 valence electrons. The van der Waals surface area contributed by atoms with Gasteiger partial charge in [0.2, 0.25) is 0 Å². The second kappa shape index (κ2) is 4.00. The van der Waals surface area contributed by atoms with Gasteiger partial charge in [0.05, 0.1) is 12.1 Å². The van der Waals surface area contributed by atoms with Gasteiger partial charge < -0.3 is 5.73 Å². The van der Waals surface area contributed by atoms with Gasteiger partial charge in [0.25, 0.3) is 0 Å². The maximum Gasteiger partial charge on any atom is 0.397 e. The lowest BCUT2D eigenvalue weighted by Crippen LogP contribution is -2.27. The summed E-state index contributed by atoms with van der Waals surface area (Å²) >= 11 is 0. The highest BCUT2D eigenvalue weighted by Gasteiger charge is 2.40. The van der Waals surface area contributed by atoms with Crippen LogP contribution in [-0.4, -0.2) is 22.5 Å². The average molecular weight is 207 g/mol. The molecule has 1 rings (SSSR count). The van der Waals surface area contributed by atoms with Crippen LogP contribution in [0.25, 0.3) is 0 Å². The van der Waals surface area contributed by atoms with Crippen LogP contribution in [-0.2, 0) is 6.54 Å². The van der Waals surface area contributed by atoms with E-state index in [0.29, 0.717) is 6.54 Å². The highest BCUT2D eigenvalue weighted by Crippen LogP contribution is 2.33. The predicted octanol–water partition coefficient (Wildman–Crippen LogP) is 1.51. The maximum absolute atomic E-state index is 12.4. The Morgan fingerprint density at radius 3 is 2.57 bits per heavy atom. The Hall–Kier alpha value is -1.04. The summed E-state index contributed by atoms with van der Waals surface area (Å²) in [6.45, 7) is 1.91. The van der Waals surface area contributed by atoms with Gasteiger partial charge in [0.15, 0.2) is 0 Å². The first-order chi connectivity index (χ1) is 6.49. The first kappa shape index (κ1) is 11.0. The third-order valence-corrected chi connectivity index (χ3v) is 2.01. The molecule has 0 bridgehead atoms. The molecule has 0 aliphatic heterocycles. The summed E-state index contributed by atoms with van der Waals surface area (Å²) in [4.78, 5) is 0. The Balaban J connectivity index is 2.90. The van der Waals surface area contributed by atoms with Gasteiger partial charge in [-0.15, -0.1) is 0 Å². The summed E-state index contributed by atoms with van der Waals surface area (Å²) in [5, 5.41) is 3.78. The lowest BCUT2D eigenvalue weighted by atomic mass is 10.0. The monoisotopic (exact) mass is 207 g/mol. The summed E-state index contributed by atoms with van der Waals surface area (Å²) in [5.41, 5.74) is 5.21. The average Bonchev–Trinajstić information content (AvgIpc) is 2.51. The SMILES string of the molecule is CCn1cc(C(CN)C(F)(F)F)cn1. The van der Waals surface area contributed by atoms with Gasteiger partial charge in [-0.2, -0.15) is 18.3 Å². The van der Waals surface area contributed by atoms with Crippen LogP contribution in [0.5, 0.6) is 0 Å². The zero-order valence-electron chi connectivity index (χ0n) is 7.75. The Morgan fingerprint density at radius 2 is 2.21 bits per heavy atom. The molecule has 1 aromatic heterocycles. The lowest BCUT2D eigenvalue weighted by Gasteiger charge is -2.16. The van der Waals surface area contributed by atoms with Crippen LogP contribution in [0.3, 0.4) is 0 Å². The highest BCUT2D eigenvalue weighted by molar-refractivity contribution is 5.14. The van der Waals surface area contributed by atoms with Gasteiger partial charge in [-0.1, -0.05) is 0 Å². The zero-order chi connectivity index (χ0) is 10.8. The van der Waals surface area contributed by atoms with Crippen molar-refractivity contribution in [3.8, 4) is 0 Å². The molecular formula is C8H12F3N3. The molecule has 0 saturated carbocycles. The summed E-state index contributed by atoms with van der Waals surface area (Å²) in [5.74, 6) is -1.61. The van der Waals surface area contributed by atoms with E-state index in [4.69, 9.17) is 5.73 Å². The number of nitrogens with zero attached hydrogens (tertiary/aromatic N) is 2. The number of alkyl halides is 3. The van der Waals surface area contributed by atoms with E-state index in [0.717, 1.165) is 0 Å². The minimum absolute atomic E-state index is 0.127. The Bertz CT molecular complexity index is 292. The predicted molar refractivity (Wildman–Crippen MR) is 45.8 cm³/mol. The molecular weight excluding hydrogens is 195 g/mol. The van der Waals surface area contributed by atoms with E-state index in [1.54, 1.807) is 0 Å². The number of aryl methyl sites for hydroxylation is 1. The second-order valence-corrected chi connectivity index (χ2v) is 2.96. The molecule has 0 radical (unpaired) electrons. The molecule has 14 heavy (non-hydrogen) atoms. The summed E-state index contributed by atoms with van der Waals surface area (Å²) in [7, 11) is 0. The number of rotatable bonds is 3. The van der Waals surface area contributed by atoms with Crippen molar-refractivity contribution in [3.63, 3.8) is 0 Å². The highest BCUT2D eigenvalue weighted by atomic mass is 19.4. The van der Waals surface area contributed by atoms with Crippen molar-refractivity contribution >= 4 is 0 Å². The quantitative estimate of drug-likeness (QED) is 0.816. The van der Waals surface area contributed by atoms with E-state index in [-0.39, 0.29) is 5.56 Å². The first-order valence-corrected chi connectivity index (χ1v) is 4.28. The molecule has 2 N–H and O–H groups in total. The van der Waals surface area contributed by atoms with Crippen LogP contribution in [0.15, 0.2) is 12.4 Å². The largest absolute Gasteiger partial charge is 0.397 e. The van der Waals surface area contributed by atoms with Crippen molar-refractivity contribution in [2.45, 2.75) is 25.6 Å².